The van der Waals surface area contributed by atoms with Gasteiger partial charge in [-0.1, -0.05) is 86.7 Å². The van der Waals surface area contributed by atoms with Crippen LogP contribution in [0.1, 0.15) is 76.7 Å². The predicted octanol–water partition coefficient (Wildman–Crippen LogP) is 7.57. The maximum absolute atomic E-state index is 5.09. The van der Waals surface area contributed by atoms with Crippen LogP contribution in [0.25, 0.3) is 0 Å². The number of hydrogen-bond donors (Lipinski definition) is 0. The summed E-state index contributed by atoms with van der Waals surface area (Å²) in [4.78, 5) is 1.15. The Kier molecular flexibility index (Phi) is 12.3. The lowest BCUT2D eigenvalue weighted by Crippen LogP contribution is -1.89. The number of benzene rings is 1. The summed E-state index contributed by atoms with van der Waals surface area (Å²) in [5.41, 5.74) is 1.42. The minimum atomic E-state index is 1.15. The van der Waals surface area contributed by atoms with E-state index in [-0.39, 0.29) is 0 Å². The molecule has 0 unspecified atom stereocenters. The quantitative estimate of drug-likeness (QED) is 0.255. The van der Waals surface area contributed by atoms with Crippen molar-refractivity contribution in [3.63, 3.8) is 0 Å². The molecule has 0 N–H and O–H groups in total. The zero-order valence-corrected chi connectivity index (χ0v) is 16.6. The van der Waals surface area contributed by atoms with Gasteiger partial charge in [0, 0.05) is 21.4 Å². The molecule has 0 aliphatic carbocycles. The molecule has 1 nitrogen and oxygen atoms in total. The highest BCUT2D eigenvalue weighted by molar-refractivity contribution is 9.10. The molecule has 3 heteroatoms. The van der Waals surface area contributed by atoms with E-state index in [2.05, 4.69) is 41.1 Å². The summed E-state index contributed by atoms with van der Waals surface area (Å²) in [5.74, 6) is 0. The molecule has 0 amide bonds. The van der Waals surface area contributed by atoms with Gasteiger partial charge in [-0.2, -0.15) is 0 Å². The van der Waals surface area contributed by atoms with Gasteiger partial charge in [-0.3, -0.25) is 0 Å². The van der Waals surface area contributed by atoms with Crippen molar-refractivity contribution >= 4 is 28.0 Å². The lowest BCUT2D eigenvalue weighted by atomic mass is 10.0. The van der Waals surface area contributed by atoms with Gasteiger partial charge >= 0.3 is 0 Å². The fourth-order valence-electron chi connectivity index (χ4n) is 2.68. The molecule has 0 radical (unpaired) electrons. The zero-order chi connectivity index (χ0) is 16.0. The number of rotatable bonds is 13. The van der Waals surface area contributed by atoms with E-state index in [9.17, 15) is 0 Å². The minimum Gasteiger partial charge on any atom is -0.314 e. The Morgan fingerprint density at radius 2 is 1.50 bits per heavy atom. The second-order valence-corrected chi connectivity index (χ2v) is 7.76. The maximum Gasteiger partial charge on any atom is 0.0508 e. The average Bonchev–Trinajstić information content (AvgIpc) is 2.51. The highest BCUT2D eigenvalue weighted by atomic mass is 79.9. The van der Waals surface area contributed by atoms with Crippen molar-refractivity contribution in [2.45, 2.75) is 82.4 Å². The Bertz CT molecular complexity index is 395. The molecule has 1 aromatic rings. The van der Waals surface area contributed by atoms with Crippen molar-refractivity contribution in [2.75, 3.05) is 7.11 Å². The Balaban J connectivity index is 2.05. The van der Waals surface area contributed by atoms with Gasteiger partial charge in [0.15, 0.2) is 0 Å². The third-order valence-corrected chi connectivity index (χ3v) is 5.36. The second kappa shape index (κ2) is 13.4. The van der Waals surface area contributed by atoms with Crippen LogP contribution in [0.2, 0.25) is 0 Å². The first-order valence-corrected chi connectivity index (χ1v) is 10.3. The summed E-state index contributed by atoms with van der Waals surface area (Å²) in [6.07, 6.45) is 15.1. The molecule has 0 aliphatic rings. The van der Waals surface area contributed by atoms with Crippen molar-refractivity contribution < 1.29 is 4.18 Å². The predicted molar refractivity (Wildman–Crippen MR) is 103 cm³/mol. The molecule has 0 saturated carbocycles. The van der Waals surface area contributed by atoms with E-state index in [0.29, 0.717) is 0 Å². The van der Waals surface area contributed by atoms with Crippen molar-refractivity contribution in [2.24, 2.45) is 0 Å². The van der Waals surface area contributed by atoms with Crippen LogP contribution in [-0.4, -0.2) is 7.11 Å². The van der Waals surface area contributed by atoms with Crippen molar-refractivity contribution in [1.82, 2.24) is 0 Å². The van der Waals surface area contributed by atoms with Crippen LogP contribution in [0.15, 0.2) is 27.6 Å². The van der Waals surface area contributed by atoms with Gasteiger partial charge in [-0.15, -0.1) is 0 Å². The van der Waals surface area contributed by atoms with Gasteiger partial charge in [-0.05, 0) is 30.5 Å². The topological polar surface area (TPSA) is 9.23 Å². The van der Waals surface area contributed by atoms with E-state index in [1.54, 1.807) is 7.11 Å². The molecular formula is C19H31BrOS. The Morgan fingerprint density at radius 1 is 0.909 bits per heavy atom. The van der Waals surface area contributed by atoms with E-state index >= 15 is 0 Å². The summed E-state index contributed by atoms with van der Waals surface area (Å²) in [6, 6.07) is 6.52. The smallest absolute Gasteiger partial charge is 0.0508 e. The first-order chi connectivity index (χ1) is 10.8. The summed E-state index contributed by atoms with van der Waals surface area (Å²) in [5, 5.41) is 0. The van der Waals surface area contributed by atoms with Crippen LogP contribution in [0.4, 0.5) is 0 Å². The fraction of sp³-hybridized carbons (Fsp3) is 0.684. The molecule has 0 aromatic heterocycles. The summed E-state index contributed by atoms with van der Waals surface area (Å²) < 4.78 is 6.30. The average molecular weight is 387 g/mol. The molecular weight excluding hydrogens is 356 g/mol. The number of halogens is 1. The Labute approximate surface area is 149 Å². The van der Waals surface area contributed by atoms with Gasteiger partial charge in [0.05, 0.1) is 7.11 Å². The SMILES string of the molecule is CCCCCCCCCCCCc1ccc(SOC)cc1Br. The summed E-state index contributed by atoms with van der Waals surface area (Å²) >= 11 is 5.08. The number of aryl methyl sites for hydroxylation is 1. The first kappa shape index (κ1) is 20.1. The first-order valence-electron chi connectivity index (χ1n) is 8.77. The van der Waals surface area contributed by atoms with E-state index in [1.165, 1.54) is 92.7 Å². The Hall–Kier alpha value is 0.01000. The molecule has 0 aliphatic heterocycles. The minimum absolute atomic E-state index is 1.15. The highest BCUT2D eigenvalue weighted by Gasteiger charge is 2.02. The molecule has 1 rings (SSSR count). The number of unbranched alkanes of at least 4 members (excludes halogenated alkanes) is 9. The standard InChI is InChI=1S/C19H31BrOS/c1-3-4-5-6-7-8-9-10-11-12-13-17-14-15-18(22-21-2)16-19(17)20/h14-16H,3-13H2,1-2H3. The molecule has 0 heterocycles. The third-order valence-electron chi connectivity index (χ3n) is 4.00. The van der Waals surface area contributed by atoms with Crippen LogP contribution in [0.5, 0.6) is 0 Å². The third kappa shape index (κ3) is 9.22. The molecule has 0 saturated heterocycles. The van der Waals surface area contributed by atoms with Crippen LogP contribution >= 0.6 is 28.0 Å². The van der Waals surface area contributed by atoms with Crippen molar-refractivity contribution in [3.05, 3.63) is 28.2 Å². The van der Waals surface area contributed by atoms with Crippen LogP contribution < -0.4 is 0 Å². The van der Waals surface area contributed by atoms with Crippen molar-refractivity contribution in [3.8, 4) is 0 Å². The molecule has 0 spiro atoms. The highest BCUT2D eigenvalue weighted by Crippen LogP contribution is 2.26. The molecule has 0 fully saturated rings. The van der Waals surface area contributed by atoms with E-state index < -0.39 is 0 Å². The van der Waals surface area contributed by atoms with Crippen LogP contribution in [0.3, 0.4) is 0 Å². The van der Waals surface area contributed by atoms with Crippen LogP contribution in [-0.2, 0) is 10.6 Å². The fourth-order valence-corrected chi connectivity index (χ4v) is 3.89. The summed E-state index contributed by atoms with van der Waals surface area (Å²) in [7, 11) is 1.70. The monoisotopic (exact) mass is 386 g/mol. The van der Waals surface area contributed by atoms with Crippen LogP contribution in [0, 0.1) is 0 Å². The molecule has 0 atom stereocenters. The van der Waals surface area contributed by atoms with Gasteiger partial charge in [0.25, 0.3) is 0 Å². The lowest BCUT2D eigenvalue weighted by molar-refractivity contribution is 0.490. The van der Waals surface area contributed by atoms with E-state index in [4.69, 9.17) is 4.18 Å². The molecule has 126 valence electrons. The summed E-state index contributed by atoms with van der Waals surface area (Å²) in [6.45, 7) is 2.28. The van der Waals surface area contributed by atoms with Gasteiger partial charge in [0.2, 0.25) is 0 Å². The van der Waals surface area contributed by atoms with E-state index in [1.807, 2.05) is 0 Å². The van der Waals surface area contributed by atoms with Gasteiger partial charge in [-0.25, -0.2) is 0 Å². The second-order valence-electron chi connectivity index (χ2n) is 5.94. The lowest BCUT2D eigenvalue weighted by Gasteiger charge is -2.07. The largest absolute Gasteiger partial charge is 0.314 e. The molecule has 22 heavy (non-hydrogen) atoms. The molecule has 1 aromatic carbocycles. The zero-order valence-electron chi connectivity index (χ0n) is 14.2. The Morgan fingerprint density at radius 3 is 2.05 bits per heavy atom. The van der Waals surface area contributed by atoms with Gasteiger partial charge < -0.3 is 4.18 Å². The normalized spacial score (nSPS) is 11.0. The number of hydrogen-bond acceptors (Lipinski definition) is 2. The maximum atomic E-state index is 5.09. The van der Waals surface area contributed by atoms with E-state index in [0.717, 1.165) is 4.90 Å². The molecule has 0 bridgehead atoms. The van der Waals surface area contributed by atoms with Gasteiger partial charge in [0.1, 0.15) is 0 Å². The van der Waals surface area contributed by atoms with Crippen molar-refractivity contribution in [1.29, 1.82) is 0 Å².